The van der Waals surface area contributed by atoms with Crippen LogP contribution in [0.3, 0.4) is 0 Å². The van der Waals surface area contributed by atoms with Crippen LogP contribution in [0.15, 0.2) is 42.5 Å². The first kappa shape index (κ1) is 27.9. The summed E-state index contributed by atoms with van der Waals surface area (Å²) in [5.74, 6) is 0.137. The average Bonchev–Trinajstić information content (AvgIpc) is 3.64. The van der Waals surface area contributed by atoms with E-state index in [1.54, 1.807) is 34.1 Å². The van der Waals surface area contributed by atoms with Crippen LogP contribution in [0.1, 0.15) is 52.0 Å². The molecule has 2 atom stereocenters. The number of hydrogen-bond acceptors (Lipinski definition) is 7. The molecule has 214 valence electrons. The second kappa shape index (κ2) is 11.9. The second-order valence-corrected chi connectivity index (χ2v) is 10.5. The number of carbonyl (C=O) groups excluding carboxylic acids is 3. The Bertz CT molecular complexity index is 1230. The van der Waals surface area contributed by atoms with Crippen molar-refractivity contribution < 1.29 is 33.3 Å². The number of likely N-dealkylation sites (tertiary alicyclic amines) is 1. The standard InChI is InChI=1S/C30H37N3O7/c1-20-8-4-5-10-22(20)28(35)33-23(27(34)31-18-21-9-7-17-39-21)19-40-30(33)13-15-32(16-14-30)29(36)26-24(37-2)11-6-12-25(26)38-3/h4-6,8,10-12,21,23H,7,9,13-19H2,1-3H3,(H,31,34). The lowest BCUT2D eigenvalue weighted by Crippen LogP contribution is -2.60. The number of methoxy groups -OCH3 is 2. The van der Waals surface area contributed by atoms with Gasteiger partial charge < -0.3 is 29.2 Å². The maximum absolute atomic E-state index is 14.0. The average molecular weight is 552 g/mol. The van der Waals surface area contributed by atoms with Gasteiger partial charge in [-0.25, -0.2) is 0 Å². The zero-order valence-electron chi connectivity index (χ0n) is 23.3. The first-order chi connectivity index (χ1) is 19.4. The van der Waals surface area contributed by atoms with E-state index in [4.69, 9.17) is 18.9 Å². The van der Waals surface area contributed by atoms with Crippen LogP contribution in [0.2, 0.25) is 0 Å². The highest BCUT2D eigenvalue weighted by Crippen LogP contribution is 2.40. The molecule has 0 saturated carbocycles. The molecule has 40 heavy (non-hydrogen) atoms. The summed E-state index contributed by atoms with van der Waals surface area (Å²) in [5, 5.41) is 2.98. The molecule has 1 N–H and O–H groups in total. The zero-order valence-corrected chi connectivity index (χ0v) is 23.3. The van der Waals surface area contributed by atoms with Crippen LogP contribution in [-0.2, 0) is 14.3 Å². The number of amides is 3. The molecule has 0 bridgehead atoms. The summed E-state index contributed by atoms with van der Waals surface area (Å²) >= 11 is 0. The van der Waals surface area contributed by atoms with Gasteiger partial charge in [-0.2, -0.15) is 0 Å². The maximum atomic E-state index is 14.0. The minimum atomic E-state index is -1.01. The van der Waals surface area contributed by atoms with Crippen molar-refractivity contribution in [3.8, 4) is 11.5 Å². The molecule has 10 heteroatoms. The number of piperidine rings is 1. The second-order valence-electron chi connectivity index (χ2n) is 10.5. The lowest BCUT2D eigenvalue weighted by Gasteiger charge is -2.44. The highest BCUT2D eigenvalue weighted by Gasteiger charge is 2.54. The molecule has 3 aliphatic rings. The van der Waals surface area contributed by atoms with Gasteiger partial charge in [0.05, 0.1) is 26.9 Å². The van der Waals surface area contributed by atoms with Crippen LogP contribution < -0.4 is 14.8 Å². The Labute approximate surface area is 234 Å². The van der Waals surface area contributed by atoms with Gasteiger partial charge in [0.2, 0.25) is 5.91 Å². The summed E-state index contributed by atoms with van der Waals surface area (Å²) < 4.78 is 22.9. The van der Waals surface area contributed by atoms with Gasteiger partial charge in [0, 0.05) is 44.6 Å². The molecule has 3 fully saturated rings. The van der Waals surface area contributed by atoms with E-state index in [-0.39, 0.29) is 30.4 Å². The summed E-state index contributed by atoms with van der Waals surface area (Å²) in [5.41, 5.74) is 0.702. The van der Waals surface area contributed by atoms with E-state index in [9.17, 15) is 14.4 Å². The highest BCUT2D eigenvalue weighted by atomic mass is 16.5. The molecular formula is C30H37N3O7. The van der Waals surface area contributed by atoms with E-state index < -0.39 is 11.8 Å². The van der Waals surface area contributed by atoms with E-state index in [2.05, 4.69) is 5.32 Å². The van der Waals surface area contributed by atoms with E-state index in [1.165, 1.54) is 14.2 Å². The van der Waals surface area contributed by atoms with E-state index in [1.807, 2.05) is 25.1 Å². The number of nitrogens with one attached hydrogen (secondary N) is 1. The van der Waals surface area contributed by atoms with Gasteiger partial charge in [0.25, 0.3) is 11.8 Å². The lowest BCUT2D eigenvalue weighted by atomic mass is 9.95. The molecule has 3 saturated heterocycles. The zero-order chi connectivity index (χ0) is 28.3. The lowest BCUT2D eigenvalue weighted by molar-refractivity contribution is -0.128. The third-order valence-corrected chi connectivity index (χ3v) is 8.16. The van der Waals surface area contributed by atoms with Crippen molar-refractivity contribution in [2.75, 3.05) is 47.1 Å². The topological polar surface area (TPSA) is 107 Å². The predicted octanol–water partition coefficient (Wildman–Crippen LogP) is 2.78. The Morgan fingerprint density at radius 3 is 2.33 bits per heavy atom. The van der Waals surface area contributed by atoms with Crippen molar-refractivity contribution in [2.45, 2.75) is 50.5 Å². The van der Waals surface area contributed by atoms with Crippen LogP contribution in [0.4, 0.5) is 0 Å². The molecule has 0 radical (unpaired) electrons. The third kappa shape index (κ3) is 5.25. The number of nitrogens with zero attached hydrogens (tertiary/aromatic N) is 2. The van der Waals surface area contributed by atoms with Gasteiger partial charge >= 0.3 is 0 Å². The Morgan fingerprint density at radius 1 is 1.00 bits per heavy atom. The van der Waals surface area contributed by atoms with Crippen LogP contribution in [0.5, 0.6) is 11.5 Å². The molecule has 2 aromatic rings. The van der Waals surface area contributed by atoms with Gasteiger partial charge in [-0.15, -0.1) is 0 Å². The Hall–Kier alpha value is -3.63. The fourth-order valence-electron chi connectivity index (χ4n) is 5.93. The Kier molecular flexibility index (Phi) is 8.27. The van der Waals surface area contributed by atoms with Gasteiger partial charge in [-0.3, -0.25) is 19.3 Å². The molecule has 1 spiro atoms. The SMILES string of the molecule is COc1cccc(OC)c1C(=O)N1CCC2(CC1)OCC(C(=O)NCC1CCCO1)N2C(=O)c1ccccc1C. The number of carbonyl (C=O) groups is 3. The molecule has 2 aromatic carbocycles. The largest absolute Gasteiger partial charge is 0.496 e. The van der Waals surface area contributed by atoms with Gasteiger partial charge in [0.15, 0.2) is 0 Å². The van der Waals surface area contributed by atoms with Crippen LogP contribution >= 0.6 is 0 Å². The van der Waals surface area contributed by atoms with Crippen LogP contribution in [0.25, 0.3) is 0 Å². The minimum absolute atomic E-state index is 0.0121. The molecule has 3 heterocycles. The number of rotatable bonds is 7. The monoisotopic (exact) mass is 551 g/mol. The van der Waals surface area contributed by atoms with Gasteiger partial charge in [-0.05, 0) is 43.5 Å². The summed E-state index contributed by atoms with van der Waals surface area (Å²) in [6.07, 6.45) is 2.59. The molecule has 5 rings (SSSR count). The molecule has 3 aliphatic heterocycles. The molecule has 10 nitrogen and oxygen atoms in total. The molecule has 3 amide bonds. The first-order valence-corrected chi connectivity index (χ1v) is 13.8. The number of hydrogen-bond donors (Lipinski definition) is 1. The fourth-order valence-corrected chi connectivity index (χ4v) is 5.93. The Morgan fingerprint density at radius 2 is 1.70 bits per heavy atom. The van der Waals surface area contributed by atoms with Gasteiger partial charge in [0.1, 0.15) is 28.8 Å². The van der Waals surface area contributed by atoms with Crippen molar-refractivity contribution in [3.63, 3.8) is 0 Å². The summed E-state index contributed by atoms with van der Waals surface area (Å²) in [6, 6.07) is 11.8. The fraction of sp³-hybridized carbons (Fsp3) is 0.500. The third-order valence-electron chi connectivity index (χ3n) is 8.16. The van der Waals surface area contributed by atoms with E-state index in [0.717, 1.165) is 18.4 Å². The van der Waals surface area contributed by atoms with Crippen LogP contribution in [-0.4, -0.2) is 92.5 Å². The summed E-state index contributed by atoms with van der Waals surface area (Å²) in [7, 11) is 3.03. The highest BCUT2D eigenvalue weighted by molar-refractivity contribution is 6.01. The molecule has 0 aromatic heterocycles. The minimum Gasteiger partial charge on any atom is -0.496 e. The first-order valence-electron chi connectivity index (χ1n) is 13.8. The molecule has 2 unspecified atom stereocenters. The normalized spacial score (nSPS) is 21.9. The Balaban J connectivity index is 1.38. The van der Waals surface area contributed by atoms with Crippen molar-refractivity contribution >= 4 is 17.7 Å². The van der Waals surface area contributed by atoms with Crippen molar-refractivity contribution in [3.05, 3.63) is 59.2 Å². The van der Waals surface area contributed by atoms with Crippen molar-refractivity contribution in [2.24, 2.45) is 0 Å². The summed E-state index contributed by atoms with van der Waals surface area (Å²) in [6.45, 7) is 3.74. The maximum Gasteiger partial charge on any atom is 0.261 e. The van der Waals surface area contributed by atoms with Crippen molar-refractivity contribution in [1.82, 2.24) is 15.1 Å². The van der Waals surface area contributed by atoms with E-state index >= 15 is 0 Å². The van der Waals surface area contributed by atoms with E-state index in [0.29, 0.717) is 61.7 Å². The number of benzene rings is 2. The number of ether oxygens (including phenoxy) is 4. The van der Waals surface area contributed by atoms with Crippen molar-refractivity contribution in [1.29, 1.82) is 0 Å². The van der Waals surface area contributed by atoms with Crippen LogP contribution in [0, 0.1) is 6.92 Å². The van der Waals surface area contributed by atoms with Gasteiger partial charge in [-0.1, -0.05) is 24.3 Å². The smallest absolute Gasteiger partial charge is 0.261 e. The summed E-state index contributed by atoms with van der Waals surface area (Å²) in [4.78, 5) is 44.4. The number of aryl methyl sites for hydroxylation is 1. The predicted molar refractivity (Wildman–Crippen MR) is 146 cm³/mol. The quantitative estimate of drug-likeness (QED) is 0.564. The molecule has 0 aliphatic carbocycles. The molecular weight excluding hydrogens is 514 g/mol.